The second-order valence-electron chi connectivity index (χ2n) is 3.24. The fourth-order valence-electron chi connectivity index (χ4n) is 1.59. The molecule has 17 heavy (non-hydrogen) atoms. The molecule has 0 amide bonds. The third kappa shape index (κ3) is 4.83. The number of allylic oxidation sites excluding steroid dienone is 2. The van der Waals surface area contributed by atoms with Crippen LogP contribution in [0.25, 0.3) is 0 Å². The second kappa shape index (κ2) is 9.61. The lowest BCUT2D eigenvalue weighted by Crippen LogP contribution is -2.17. The lowest BCUT2D eigenvalue weighted by molar-refractivity contribution is 0.691. The zero-order chi connectivity index (χ0) is 13.1. The molecule has 1 nitrogen and oxygen atoms in total. The minimum Gasteiger partial charge on any atom is -0.309 e. The summed E-state index contributed by atoms with van der Waals surface area (Å²) in [5, 5.41) is 3.27. The Bertz CT molecular complexity index is 349. The third-order valence-corrected chi connectivity index (χ3v) is 2.30. The molecule has 1 aromatic rings. The highest BCUT2D eigenvalue weighted by molar-refractivity contribution is 5.35. The number of benzene rings is 1. The third-order valence-electron chi connectivity index (χ3n) is 2.30. The van der Waals surface area contributed by atoms with E-state index in [1.54, 1.807) is 6.08 Å². The van der Waals surface area contributed by atoms with Crippen LogP contribution in [0.15, 0.2) is 67.3 Å². The molecular formula is C16H23N. The van der Waals surface area contributed by atoms with Gasteiger partial charge in [-0.1, -0.05) is 75.6 Å². The van der Waals surface area contributed by atoms with E-state index in [1.807, 2.05) is 51.2 Å². The van der Waals surface area contributed by atoms with Crippen LogP contribution in [0.4, 0.5) is 0 Å². The van der Waals surface area contributed by atoms with Gasteiger partial charge in [0.1, 0.15) is 0 Å². The predicted octanol–water partition coefficient (Wildman–Crippen LogP) is 4.27. The number of hydrogen-bond acceptors (Lipinski definition) is 1. The minimum absolute atomic E-state index is 0.182. The average Bonchev–Trinajstić information content (AvgIpc) is 2.42. The van der Waals surface area contributed by atoms with E-state index in [2.05, 4.69) is 30.6 Å². The minimum atomic E-state index is 0.182. The van der Waals surface area contributed by atoms with Crippen LogP contribution < -0.4 is 5.32 Å². The van der Waals surface area contributed by atoms with Crippen LogP contribution in [0, 0.1) is 0 Å². The highest BCUT2D eigenvalue weighted by Crippen LogP contribution is 2.21. The van der Waals surface area contributed by atoms with Crippen molar-refractivity contribution >= 4 is 0 Å². The summed E-state index contributed by atoms with van der Waals surface area (Å²) in [6.45, 7) is 11.5. The molecule has 1 unspecified atom stereocenters. The quantitative estimate of drug-likeness (QED) is 0.743. The maximum absolute atomic E-state index is 3.82. The van der Waals surface area contributed by atoms with Gasteiger partial charge in [0, 0.05) is 0 Å². The van der Waals surface area contributed by atoms with Crippen molar-refractivity contribution in [1.29, 1.82) is 0 Å². The van der Waals surface area contributed by atoms with E-state index < -0.39 is 0 Å². The first-order valence-corrected chi connectivity index (χ1v) is 6.00. The first-order chi connectivity index (χ1) is 8.33. The molecule has 0 spiro atoms. The Hall–Kier alpha value is -1.60. The molecule has 0 fully saturated rings. The van der Waals surface area contributed by atoms with Gasteiger partial charge < -0.3 is 5.32 Å². The van der Waals surface area contributed by atoms with E-state index in [0.717, 1.165) is 5.57 Å². The molecule has 92 valence electrons. The number of hydrogen-bond donors (Lipinski definition) is 1. The van der Waals surface area contributed by atoms with Crippen molar-refractivity contribution in [2.75, 3.05) is 7.05 Å². The molecule has 0 bridgehead atoms. The van der Waals surface area contributed by atoms with Crippen LogP contribution in [0.2, 0.25) is 0 Å². The van der Waals surface area contributed by atoms with Crippen LogP contribution in [-0.2, 0) is 0 Å². The highest BCUT2D eigenvalue weighted by Gasteiger charge is 2.10. The zero-order valence-corrected chi connectivity index (χ0v) is 11.1. The smallest absolute Gasteiger partial charge is 0.0574 e. The van der Waals surface area contributed by atoms with Gasteiger partial charge >= 0.3 is 0 Å². The van der Waals surface area contributed by atoms with Gasteiger partial charge in [0.2, 0.25) is 0 Å². The molecule has 1 heteroatoms. The van der Waals surface area contributed by atoms with E-state index in [0.29, 0.717) is 0 Å². The maximum Gasteiger partial charge on any atom is 0.0574 e. The first-order valence-electron chi connectivity index (χ1n) is 6.00. The van der Waals surface area contributed by atoms with E-state index in [-0.39, 0.29) is 6.04 Å². The topological polar surface area (TPSA) is 12.0 Å². The lowest BCUT2D eigenvalue weighted by Gasteiger charge is -2.17. The molecule has 0 aliphatic carbocycles. The van der Waals surface area contributed by atoms with E-state index in [9.17, 15) is 0 Å². The van der Waals surface area contributed by atoms with Crippen LogP contribution in [0.5, 0.6) is 0 Å². The zero-order valence-electron chi connectivity index (χ0n) is 11.1. The number of nitrogens with one attached hydrogen (secondary N) is 1. The highest BCUT2D eigenvalue weighted by atomic mass is 14.9. The Morgan fingerprint density at radius 1 is 1.18 bits per heavy atom. The standard InChI is InChI=1S/C14H17N.C2H6/c1-4-9-12(5-2)14(15-3)13-10-7-6-8-11-13;1-2/h4-11,14-15H,1-2H2,3H3;1-2H3/b12-9+;. The SMILES string of the molecule is C=C/C=C(\C=C)C(NC)c1ccccc1.CC. The van der Waals surface area contributed by atoms with Crippen molar-refractivity contribution in [3.05, 3.63) is 72.9 Å². The Kier molecular flexibility index (Phi) is 8.71. The first kappa shape index (κ1) is 15.4. The molecule has 0 heterocycles. The normalized spacial score (nSPS) is 12.1. The summed E-state index contributed by atoms with van der Waals surface area (Å²) in [7, 11) is 1.94. The van der Waals surface area contributed by atoms with Crippen LogP contribution in [-0.4, -0.2) is 7.05 Å². The second-order valence-corrected chi connectivity index (χ2v) is 3.24. The lowest BCUT2D eigenvalue weighted by atomic mass is 9.98. The van der Waals surface area contributed by atoms with Gasteiger partial charge in [-0.2, -0.15) is 0 Å². The van der Waals surface area contributed by atoms with E-state index in [4.69, 9.17) is 0 Å². The monoisotopic (exact) mass is 229 g/mol. The summed E-state index contributed by atoms with van der Waals surface area (Å²) < 4.78 is 0. The Labute approximate surface area is 106 Å². The maximum atomic E-state index is 3.82. The van der Waals surface area contributed by atoms with Gasteiger partial charge in [-0.05, 0) is 18.2 Å². The Morgan fingerprint density at radius 3 is 2.18 bits per heavy atom. The molecule has 1 rings (SSSR count). The fourth-order valence-corrected chi connectivity index (χ4v) is 1.59. The van der Waals surface area contributed by atoms with Crippen molar-refractivity contribution in [2.45, 2.75) is 19.9 Å². The summed E-state index contributed by atoms with van der Waals surface area (Å²) in [6, 6.07) is 10.5. The van der Waals surface area contributed by atoms with Gasteiger partial charge in [-0.25, -0.2) is 0 Å². The largest absolute Gasteiger partial charge is 0.309 e. The molecule has 0 aliphatic rings. The molecule has 0 saturated heterocycles. The summed E-state index contributed by atoms with van der Waals surface area (Å²) >= 11 is 0. The molecule has 0 saturated carbocycles. The fraction of sp³-hybridized carbons (Fsp3) is 0.250. The van der Waals surface area contributed by atoms with Gasteiger partial charge in [-0.15, -0.1) is 0 Å². The molecule has 0 aromatic heterocycles. The molecule has 1 N–H and O–H groups in total. The van der Waals surface area contributed by atoms with Gasteiger partial charge in [0.05, 0.1) is 6.04 Å². The summed E-state index contributed by atoms with van der Waals surface area (Å²) in [5.41, 5.74) is 2.35. The van der Waals surface area contributed by atoms with Crippen molar-refractivity contribution < 1.29 is 0 Å². The van der Waals surface area contributed by atoms with Crippen LogP contribution in [0.1, 0.15) is 25.5 Å². The molecular weight excluding hydrogens is 206 g/mol. The van der Waals surface area contributed by atoms with Crippen LogP contribution in [0.3, 0.4) is 0 Å². The Morgan fingerprint density at radius 2 is 1.76 bits per heavy atom. The van der Waals surface area contributed by atoms with E-state index >= 15 is 0 Å². The summed E-state index contributed by atoms with van der Waals surface area (Å²) in [5.74, 6) is 0. The molecule has 1 aromatic carbocycles. The average molecular weight is 229 g/mol. The van der Waals surface area contributed by atoms with Crippen molar-refractivity contribution in [3.8, 4) is 0 Å². The van der Waals surface area contributed by atoms with Gasteiger partial charge in [-0.3, -0.25) is 0 Å². The molecule has 0 radical (unpaired) electrons. The number of likely N-dealkylation sites (N-methyl/N-ethyl adjacent to an activating group) is 1. The molecule has 0 aliphatic heterocycles. The van der Waals surface area contributed by atoms with Crippen molar-refractivity contribution in [2.24, 2.45) is 0 Å². The summed E-state index contributed by atoms with van der Waals surface area (Å²) in [6.07, 6.45) is 5.61. The Balaban J connectivity index is 0.00000121. The summed E-state index contributed by atoms with van der Waals surface area (Å²) in [4.78, 5) is 0. The predicted molar refractivity (Wildman–Crippen MR) is 78.1 cm³/mol. The van der Waals surface area contributed by atoms with E-state index in [1.165, 1.54) is 5.56 Å². The number of rotatable bonds is 5. The van der Waals surface area contributed by atoms with Crippen molar-refractivity contribution in [1.82, 2.24) is 5.32 Å². The van der Waals surface area contributed by atoms with Crippen LogP contribution >= 0.6 is 0 Å². The molecule has 1 atom stereocenters. The van der Waals surface area contributed by atoms with Gasteiger partial charge in [0.15, 0.2) is 0 Å². The van der Waals surface area contributed by atoms with Crippen molar-refractivity contribution in [3.63, 3.8) is 0 Å². The van der Waals surface area contributed by atoms with Gasteiger partial charge in [0.25, 0.3) is 0 Å².